The molecule has 0 unspecified atom stereocenters. The second kappa shape index (κ2) is 8.11. The Morgan fingerprint density at radius 1 is 1.31 bits per heavy atom. The minimum Gasteiger partial charge on any atom is -0.481 e. The summed E-state index contributed by atoms with van der Waals surface area (Å²) in [6.45, 7) is 1.43. The molecule has 3 rings (SSSR count). The zero-order chi connectivity index (χ0) is 21.2. The molecule has 3 atom stereocenters. The molecule has 29 heavy (non-hydrogen) atoms. The Hall–Kier alpha value is -2.46. The SMILES string of the molecule is CCS(=O)(=O)N[C@@H]1C[C@@](Cc2cccc(-c3ncc(F)cn3)c2)(C(=O)O)C[C@@H]1F. The average molecular weight is 425 g/mol. The van der Waals surface area contributed by atoms with Crippen molar-refractivity contribution >= 4 is 16.0 Å². The van der Waals surface area contributed by atoms with Crippen LogP contribution in [0.2, 0.25) is 0 Å². The van der Waals surface area contributed by atoms with Crippen molar-refractivity contribution in [3.8, 4) is 11.4 Å². The third-order valence-corrected chi connectivity index (χ3v) is 6.57. The summed E-state index contributed by atoms with van der Waals surface area (Å²) in [7, 11) is -3.66. The lowest BCUT2D eigenvalue weighted by atomic mass is 9.79. The quantitative estimate of drug-likeness (QED) is 0.705. The summed E-state index contributed by atoms with van der Waals surface area (Å²) >= 11 is 0. The molecular formula is C19H21F2N3O4S. The lowest BCUT2D eigenvalue weighted by Crippen LogP contribution is -2.40. The minimum absolute atomic E-state index is 0.0160. The summed E-state index contributed by atoms with van der Waals surface area (Å²) in [5.74, 6) is -1.69. The molecule has 0 aliphatic heterocycles. The fourth-order valence-electron chi connectivity index (χ4n) is 3.64. The van der Waals surface area contributed by atoms with E-state index in [2.05, 4.69) is 14.7 Å². The van der Waals surface area contributed by atoms with E-state index in [0.29, 0.717) is 11.1 Å². The Morgan fingerprint density at radius 2 is 2.00 bits per heavy atom. The number of hydrogen-bond acceptors (Lipinski definition) is 5. The number of hydrogen-bond donors (Lipinski definition) is 2. The van der Waals surface area contributed by atoms with Crippen LogP contribution in [0.25, 0.3) is 11.4 Å². The zero-order valence-corrected chi connectivity index (χ0v) is 16.5. The van der Waals surface area contributed by atoms with Crippen LogP contribution in [-0.2, 0) is 21.2 Å². The number of nitrogens with one attached hydrogen (secondary N) is 1. The molecule has 1 fully saturated rings. The van der Waals surface area contributed by atoms with E-state index in [1.54, 1.807) is 24.3 Å². The molecule has 7 nitrogen and oxygen atoms in total. The van der Waals surface area contributed by atoms with Gasteiger partial charge in [0.1, 0.15) is 6.17 Å². The molecular weight excluding hydrogens is 404 g/mol. The number of alkyl halides is 1. The third-order valence-electron chi connectivity index (χ3n) is 5.15. The minimum atomic E-state index is -3.66. The Kier molecular flexibility index (Phi) is 5.95. The van der Waals surface area contributed by atoms with E-state index in [-0.39, 0.29) is 30.8 Å². The number of rotatable bonds is 7. The van der Waals surface area contributed by atoms with Gasteiger partial charge in [0.15, 0.2) is 11.6 Å². The molecule has 2 aromatic rings. The van der Waals surface area contributed by atoms with E-state index in [0.717, 1.165) is 12.4 Å². The molecule has 2 N–H and O–H groups in total. The molecule has 1 aliphatic rings. The fraction of sp³-hybridized carbons (Fsp3) is 0.421. The van der Waals surface area contributed by atoms with Crippen LogP contribution >= 0.6 is 0 Å². The van der Waals surface area contributed by atoms with Gasteiger partial charge in [0, 0.05) is 5.56 Å². The Balaban J connectivity index is 1.85. The van der Waals surface area contributed by atoms with Crippen molar-refractivity contribution in [2.45, 2.75) is 38.4 Å². The molecule has 1 heterocycles. The molecule has 1 aliphatic carbocycles. The van der Waals surface area contributed by atoms with Gasteiger partial charge in [-0.2, -0.15) is 0 Å². The van der Waals surface area contributed by atoms with Crippen molar-refractivity contribution in [2.24, 2.45) is 5.41 Å². The summed E-state index contributed by atoms with van der Waals surface area (Å²) in [6, 6.07) is 5.68. The molecule has 1 saturated carbocycles. The number of carboxylic acid groups (broad SMARTS) is 1. The van der Waals surface area contributed by atoms with Crippen LogP contribution in [0.4, 0.5) is 8.78 Å². The van der Waals surface area contributed by atoms with Crippen molar-refractivity contribution < 1.29 is 27.1 Å². The summed E-state index contributed by atoms with van der Waals surface area (Å²) in [5, 5.41) is 9.82. The molecule has 0 spiro atoms. The molecule has 0 amide bonds. The molecule has 0 radical (unpaired) electrons. The number of carbonyl (C=O) groups is 1. The number of aromatic nitrogens is 2. The number of nitrogens with zero attached hydrogens (tertiary/aromatic N) is 2. The van der Waals surface area contributed by atoms with Crippen LogP contribution < -0.4 is 4.72 Å². The lowest BCUT2D eigenvalue weighted by molar-refractivity contribution is -0.148. The lowest BCUT2D eigenvalue weighted by Gasteiger charge is -2.24. The van der Waals surface area contributed by atoms with Crippen LogP contribution in [0.1, 0.15) is 25.3 Å². The first kappa shape index (κ1) is 21.3. The van der Waals surface area contributed by atoms with E-state index < -0.39 is 39.4 Å². The first-order valence-electron chi connectivity index (χ1n) is 9.08. The number of halogens is 2. The maximum atomic E-state index is 14.5. The second-order valence-corrected chi connectivity index (χ2v) is 9.28. The normalized spacial score (nSPS) is 24.5. The van der Waals surface area contributed by atoms with Gasteiger partial charge in [-0.15, -0.1) is 0 Å². The Bertz CT molecular complexity index is 1000. The fourth-order valence-corrected chi connectivity index (χ4v) is 4.50. The van der Waals surface area contributed by atoms with Gasteiger partial charge in [0.25, 0.3) is 0 Å². The number of sulfonamides is 1. The molecule has 10 heteroatoms. The van der Waals surface area contributed by atoms with Gasteiger partial charge in [0.2, 0.25) is 10.0 Å². The van der Waals surface area contributed by atoms with Crippen molar-refractivity contribution in [2.75, 3.05) is 5.75 Å². The molecule has 1 aromatic carbocycles. The smallest absolute Gasteiger partial charge is 0.310 e. The molecule has 0 bridgehead atoms. The molecule has 1 aromatic heterocycles. The highest BCUT2D eigenvalue weighted by Gasteiger charge is 2.51. The Labute approximate surface area is 167 Å². The maximum absolute atomic E-state index is 14.5. The highest BCUT2D eigenvalue weighted by atomic mass is 32.2. The topological polar surface area (TPSA) is 109 Å². The highest BCUT2D eigenvalue weighted by molar-refractivity contribution is 7.89. The summed E-state index contributed by atoms with van der Waals surface area (Å²) in [4.78, 5) is 19.9. The van der Waals surface area contributed by atoms with Crippen LogP contribution in [0.3, 0.4) is 0 Å². The van der Waals surface area contributed by atoms with Gasteiger partial charge >= 0.3 is 5.97 Å². The Morgan fingerprint density at radius 3 is 2.62 bits per heavy atom. The standard InChI is InChI=1S/C19H21F2N3O4S/c1-2-29(27,28)24-16-9-19(18(25)26,8-15(16)21)7-12-4-3-5-13(6-12)17-22-10-14(20)11-23-17/h3-6,10-11,15-16,24H,2,7-9H2,1H3,(H,25,26)/t15-,16+,19-/m0/s1. The largest absolute Gasteiger partial charge is 0.481 e. The first-order valence-corrected chi connectivity index (χ1v) is 10.7. The van der Waals surface area contributed by atoms with E-state index in [1.807, 2.05) is 0 Å². The van der Waals surface area contributed by atoms with E-state index in [4.69, 9.17) is 0 Å². The van der Waals surface area contributed by atoms with E-state index in [1.165, 1.54) is 6.92 Å². The van der Waals surface area contributed by atoms with Gasteiger partial charge in [-0.25, -0.2) is 31.9 Å². The van der Waals surface area contributed by atoms with Crippen molar-refractivity contribution in [1.82, 2.24) is 14.7 Å². The van der Waals surface area contributed by atoms with Gasteiger partial charge < -0.3 is 5.11 Å². The van der Waals surface area contributed by atoms with Crippen molar-refractivity contribution in [3.63, 3.8) is 0 Å². The van der Waals surface area contributed by atoms with Crippen molar-refractivity contribution in [1.29, 1.82) is 0 Å². The first-order chi connectivity index (χ1) is 13.6. The van der Waals surface area contributed by atoms with Crippen LogP contribution in [0.5, 0.6) is 0 Å². The van der Waals surface area contributed by atoms with Gasteiger partial charge in [-0.1, -0.05) is 18.2 Å². The number of aliphatic carboxylic acids is 1. The predicted molar refractivity (Wildman–Crippen MR) is 102 cm³/mol. The molecule has 156 valence electrons. The van der Waals surface area contributed by atoms with E-state index in [9.17, 15) is 27.1 Å². The van der Waals surface area contributed by atoms with E-state index >= 15 is 0 Å². The van der Waals surface area contributed by atoms with Crippen molar-refractivity contribution in [3.05, 3.63) is 48.0 Å². The van der Waals surface area contributed by atoms with Crippen LogP contribution in [0.15, 0.2) is 36.7 Å². The average Bonchev–Trinajstić information content (AvgIpc) is 2.98. The third kappa shape index (κ3) is 4.76. The summed E-state index contributed by atoms with van der Waals surface area (Å²) < 4.78 is 53.5. The number of carboxylic acids is 1. The monoisotopic (exact) mass is 425 g/mol. The summed E-state index contributed by atoms with van der Waals surface area (Å²) in [6.07, 6.45) is 0.0284. The van der Waals surface area contributed by atoms with Gasteiger partial charge in [-0.05, 0) is 37.8 Å². The van der Waals surface area contributed by atoms with Crippen LogP contribution in [-0.4, -0.2) is 47.4 Å². The van der Waals surface area contributed by atoms with Gasteiger partial charge in [-0.3, -0.25) is 4.79 Å². The maximum Gasteiger partial charge on any atom is 0.310 e. The summed E-state index contributed by atoms with van der Waals surface area (Å²) in [5.41, 5.74) is -0.257. The zero-order valence-electron chi connectivity index (χ0n) is 15.7. The number of benzene rings is 1. The van der Waals surface area contributed by atoms with Crippen LogP contribution in [0, 0.1) is 11.2 Å². The predicted octanol–water partition coefficient (Wildman–Crippen LogP) is 2.34. The molecule has 0 saturated heterocycles. The van der Waals surface area contributed by atoms with Gasteiger partial charge in [0.05, 0.1) is 29.6 Å². The second-order valence-electron chi connectivity index (χ2n) is 7.24. The highest BCUT2D eigenvalue weighted by Crippen LogP contribution is 2.43.